The van der Waals surface area contributed by atoms with E-state index in [1.807, 2.05) is 0 Å². The van der Waals surface area contributed by atoms with Gasteiger partial charge in [0.15, 0.2) is 17.5 Å². The number of benzene rings is 1. The summed E-state index contributed by atoms with van der Waals surface area (Å²) < 4.78 is 52.9. The van der Waals surface area contributed by atoms with E-state index in [-0.39, 0.29) is 5.92 Å². The highest BCUT2D eigenvalue weighted by Crippen LogP contribution is 2.43. The molecule has 0 nitrogen and oxygen atoms in total. The maximum absolute atomic E-state index is 13.3. The molecule has 122 valence electrons. The van der Waals surface area contributed by atoms with Gasteiger partial charge in [0.2, 0.25) is 0 Å². The van der Waals surface area contributed by atoms with Crippen molar-refractivity contribution >= 4 is 0 Å². The van der Waals surface area contributed by atoms with E-state index in [1.165, 1.54) is 0 Å². The Kier molecular flexibility index (Phi) is 4.74. The maximum Gasteiger partial charge on any atom is 0.194 e. The molecule has 4 heteroatoms. The Labute approximate surface area is 128 Å². The molecule has 0 heterocycles. The van der Waals surface area contributed by atoms with Crippen LogP contribution in [-0.4, -0.2) is 6.17 Å². The largest absolute Gasteiger partial charge is 0.247 e. The van der Waals surface area contributed by atoms with Crippen molar-refractivity contribution in [2.75, 3.05) is 0 Å². The van der Waals surface area contributed by atoms with Gasteiger partial charge in [0.1, 0.15) is 6.17 Å². The smallest absolute Gasteiger partial charge is 0.194 e. The van der Waals surface area contributed by atoms with Crippen LogP contribution in [0.3, 0.4) is 0 Å². The lowest BCUT2D eigenvalue weighted by Crippen LogP contribution is -2.25. The van der Waals surface area contributed by atoms with Crippen LogP contribution in [0.15, 0.2) is 12.1 Å². The van der Waals surface area contributed by atoms with Crippen LogP contribution in [0.4, 0.5) is 17.6 Å². The summed E-state index contributed by atoms with van der Waals surface area (Å²) in [5, 5.41) is 0. The second-order valence-corrected chi connectivity index (χ2v) is 6.92. The van der Waals surface area contributed by atoms with Crippen molar-refractivity contribution in [1.29, 1.82) is 0 Å². The topological polar surface area (TPSA) is 0 Å². The number of hydrogen-bond donors (Lipinski definition) is 0. The van der Waals surface area contributed by atoms with Gasteiger partial charge in [0.25, 0.3) is 0 Å². The van der Waals surface area contributed by atoms with Gasteiger partial charge in [0.05, 0.1) is 0 Å². The van der Waals surface area contributed by atoms with Gasteiger partial charge in [0, 0.05) is 0 Å². The predicted octanol–water partition coefficient (Wildman–Crippen LogP) is 5.91. The molecular weight excluding hydrogens is 292 g/mol. The molecule has 0 unspecified atom stereocenters. The van der Waals surface area contributed by atoms with Crippen LogP contribution in [0.2, 0.25) is 0 Å². The molecule has 1 aromatic rings. The second kappa shape index (κ2) is 6.59. The molecule has 1 aromatic carbocycles. The average molecular weight is 314 g/mol. The third kappa shape index (κ3) is 3.31. The van der Waals surface area contributed by atoms with Crippen LogP contribution in [0.25, 0.3) is 0 Å². The molecular formula is C18H22F4. The van der Waals surface area contributed by atoms with E-state index in [2.05, 4.69) is 0 Å². The van der Waals surface area contributed by atoms with Gasteiger partial charge in [-0.3, -0.25) is 0 Å². The molecule has 3 rings (SSSR count). The predicted molar refractivity (Wildman–Crippen MR) is 77.9 cm³/mol. The Bertz CT molecular complexity index is 489. The average Bonchev–Trinajstić information content (AvgIpc) is 2.53. The van der Waals surface area contributed by atoms with E-state index in [0.717, 1.165) is 50.7 Å². The summed E-state index contributed by atoms with van der Waals surface area (Å²) in [7, 11) is 0. The van der Waals surface area contributed by atoms with Crippen molar-refractivity contribution in [2.24, 2.45) is 11.8 Å². The van der Waals surface area contributed by atoms with Gasteiger partial charge in [-0.1, -0.05) is 0 Å². The van der Waals surface area contributed by atoms with E-state index in [1.54, 1.807) is 0 Å². The van der Waals surface area contributed by atoms with Gasteiger partial charge in [-0.15, -0.1) is 0 Å². The number of halogens is 4. The van der Waals surface area contributed by atoms with E-state index >= 15 is 0 Å². The van der Waals surface area contributed by atoms with Crippen molar-refractivity contribution in [3.8, 4) is 0 Å². The van der Waals surface area contributed by atoms with Crippen LogP contribution in [-0.2, 0) is 0 Å². The number of rotatable bonds is 2. The van der Waals surface area contributed by atoms with E-state index in [9.17, 15) is 17.6 Å². The standard InChI is InChI=1S/C18H22F4/c19-15-7-5-12(6-8-15)11-1-3-13(4-2-11)14-9-16(20)18(22)17(21)10-14/h9-13,15H,1-8H2. The molecule has 0 aliphatic heterocycles. The Morgan fingerprint density at radius 3 is 1.64 bits per heavy atom. The van der Waals surface area contributed by atoms with Crippen molar-refractivity contribution in [3.05, 3.63) is 35.1 Å². The summed E-state index contributed by atoms with van der Waals surface area (Å²) in [6, 6.07) is 2.27. The molecule has 0 saturated heterocycles. The first-order valence-electron chi connectivity index (χ1n) is 8.33. The Morgan fingerprint density at radius 1 is 0.682 bits per heavy atom. The molecule has 0 N–H and O–H groups in total. The number of hydrogen-bond acceptors (Lipinski definition) is 0. The molecule has 22 heavy (non-hydrogen) atoms. The molecule has 0 spiro atoms. The highest BCUT2D eigenvalue weighted by Gasteiger charge is 2.31. The fraction of sp³-hybridized carbons (Fsp3) is 0.667. The van der Waals surface area contributed by atoms with Gasteiger partial charge in [-0.2, -0.15) is 0 Å². The zero-order valence-electron chi connectivity index (χ0n) is 12.6. The SMILES string of the molecule is Fc1cc(C2CCC(C3CCC(F)CC3)CC2)cc(F)c1F. The minimum absolute atomic E-state index is 0.110. The highest BCUT2D eigenvalue weighted by atomic mass is 19.2. The minimum Gasteiger partial charge on any atom is -0.247 e. The van der Waals surface area contributed by atoms with E-state index in [4.69, 9.17) is 0 Å². The monoisotopic (exact) mass is 314 g/mol. The van der Waals surface area contributed by atoms with E-state index < -0.39 is 23.6 Å². The van der Waals surface area contributed by atoms with Crippen LogP contribution in [0.5, 0.6) is 0 Å². The first-order chi connectivity index (χ1) is 10.5. The Morgan fingerprint density at radius 2 is 1.14 bits per heavy atom. The van der Waals surface area contributed by atoms with E-state index in [0.29, 0.717) is 30.2 Å². The third-order valence-corrected chi connectivity index (χ3v) is 5.62. The third-order valence-electron chi connectivity index (χ3n) is 5.62. The first kappa shape index (κ1) is 15.8. The second-order valence-electron chi connectivity index (χ2n) is 6.92. The molecule has 0 atom stereocenters. The summed E-state index contributed by atoms with van der Waals surface area (Å²) >= 11 is 0. The van der Waals surface area contributed by atoms with Gasteiger partial charge in [-0.25, -0.2) is 17.6 Å². The van der Waals surface area contributed by atoms with Gasteiger partial charge in [-0.05, 0) is 86.8 Å². The summed E-state index contributed by atoms with van der Waals surface area (Å²) in [4.78, 5) is 0. The van der Waals surface area contributed by atoms with Crippen molar-refractivity contribution < 1.29 is 17.6 Å². The van der Waals surface area contributed by atoms with Crippen molar-refractivity contribution in [2.45, 2.75) is 63.5 Å². The van der Waals surface area contributed by atoms with Crippen molar-refractivity contribution in [1.82, 2.24) is 0 Å². The van der Waals surface area contributed by atoms with Crippen molar-refractivity contribution in [3.63, 3.8) is 0 Å². The summed E-state index contributed by atoms with van der Waals surface area (Å²) in [5.41, 5.74) is 0.572. The molecule has 0 aromatic heterocycles. The molecule has 0 bridgehead atoms. The summed E-state index contributed by atoms with van der Waals surface area (Å²) in [6.07, 6.45) is 6.47. The lowest BCUT2D eigenvalue weighted by molar-refractivity contribution is 0.138. The maximum atomic E-state index is 13.3. The Balaban J connectivity index is 1.60. The van der Waals surface area contributed by atoms with Crippen LogP contribution >= 0.6 is 0 Å². The molecule has 2 aliphatic carbocycles. The number of alkyl halides is 1. The van der Waals surface area contributed by atoms with Crippen LogP contribution in [0.1, 0.15) is 62.8 Å². The van der Waals surface area contributed by atoms with Crippen LogP contribution in [0, 0.1) is 29.3 Å². The fourth-order valence-corrected chi connectivity index (χ4v) is 4.28. The van der Waals surface area contributed by atoms with Gasteiger partial charge >= 0.3 is 0 Å². The first-order valence-corrected chi connectivity index (χ1v) is 8.33. The summed E-state index contributed by atoms with van der Waals surface area (Å²) in [5.74, 6) is -2.26. The van der Waals surface area contributed by atoms with Gasteiger partial charge < -0.3 is 0 Å². The zero-order chi connectivity index (χ0) is 15.7. The van der Waals surface area contributed by atoms with Crippen LogP contribution < -0.4 is 0 Å². The highest BCUT2D eigenvalue weighted by molar-refractivity contribution is 5.23. The molecule has 0 radical (unpaired) electrons. The lowest BCUT2D eigenvalue weighted by Gasteiger charge is -2.36. The fourth-order valence-electron chi connectivity index (χ4n) is 4.28. The zero-order valence-corrected chi connectivity index (χ0v) is 12.6. The quantitative estimate of drug-likeness (QED) is 0.470. The molecule has 0 amide bonds. The Hall–Kier alpha value is -1.06. The summed E-state index contributed by atoms with van der Waals surface area (Å²) in [6.45, 7) is 0. The lowest BCUT2D eigenvalue weighted by atomic mass is 9.69. The minimum atomic E-state index is -1.39. The normalized spacial score (nSPS) is 32.9. The molecule has 2 saturated carbocycles. The molecule has 2 fully saturated rings. The molecule has 2 aliphatic rings.